The zero-order valence-electron chi connectivity index (χ0n) is 10.7. The number of rotatable bonds is 6. The Labute approximate surface area is 103 Å². The summed E-state index contributed by atoms with van der Waals surface area (Å²) < 4.78 is 0. The first kappa shape index (κ1) is 13.4. The summed E-state index contributed by atoms with van der Waals surface area (Å²) in [5.74, 6) is 0.691. The van der Waals surface area contributed by atoms with Gasteiger partial charge in [0, 0.05) is 13.1 Å². The van der Waals surface area contributed by atoms with E-state index in [0.717, 1.165) is 26.1 Å². The van der Waals surface area contributed by atoms with Crippen molar-refractivity contribution in [1.82, 2.24) is 15.1 Å². The van der Waals surface area contributed by atoms with Crippen LogP contribution in [0.5, 0.6) is 0 Å². The Bertz CT molecular complexity index is 383. The maximum atomic E-state index is 9.02. The third kappa shape index (κ3) is 4.00. The molecule has 0 aliphatic heterocycles. The molecule has 0 N–H and O–H groups in total. The van der Waals surface area contributed by atoms with Crippen molar-refractivity contribution < 1.29 is 0 Å². The molecule has 5 nitrogen and oxygen atoms in total. The van der Waals surface area contributed by atoms with Crippen LogP contribution < -0.4 is 4.90 Å². The quantitative estimate of drug-likeness (QED) is 0.737. The number of hydrogen-bond acceptors (Lipinski definition) is 5. The summed E-state index contributed by atoms with van der Waals surface area (Å²) in [4.78, 5) is 4.24. The fourth-order valence-electron chi connectivity index (χ4n) is 1.64. The first-order valence-corrected chi connectivity index (χ1v) is 5.80. The molecular formula is C12H19N5. The third-order valence-corrected chi connectivity index (χ3v) is 2.54. The van der Waals surface area contributed by atoms with Crippen LogP contribution in [0, 0.1) is 11.3 Å². The van der Waals surface area contributed by atoms with E-state index in [-0.39, 0.29) is 0 Å². The maximum absolute atomic E-state index is 9.02. The lowest BCUT2D eigenvalue weighted by Gasteiger charge is -2.22. The molecule has 92 valence electrons. The number of nitriles is 1. The second kappa shape index (κ2) is 6.81. The molecule has 0 amide bonds. The van der Waals surface area contributed by atoms with Gasteiger partial charge in [-0.3, -0.25) is 0 Å². The van der Waals surface area contributed by atoms with Crippen molar-refractivity contribution in [3.8, 4) is 6.07 Å². The molecule has 0 aliphatic carbocycles. The lowest BCUT2D eigenvalue weighted by molar-refractivity contribution is 0.400. The highest BCUT2D eigenvalue weighted by Crippen LogP contribution is 2.14. The molecule has 5 heteroatoms. The second-order valence-corrected chi connectivity index (χ2v) is 4.12. The second-order valence-electron chi connectivity index (χ2n) is 4.12. The third-order valence-electron chi connectivity index (χ3n) is 2.54. The van der Waals surface area contributed by atoms with E-state index in [9.17, 15) is 0 Å². The highest BCUT2D eigenvalue weighted by Gasteiger charge is 2.11. The maximum Gasteiger partial charge on any atom is 0.169 e. The smallest absolute Gasteiger partial charge is 0.169 e. The average Bonchev–Trinajstić information content (AvgIpc) is 2.34. The van der Waals surface area contributed by atoms with Crippen LogP contribution in [0.1, 0.15) is 18.9 Å². The summed E-state index contributed by atoms with van der Waals surface area (Å²) in [6.07, 6.45) is 2.60. The predicted molar refractivity (Wildman–Crippen MR) is 67.8 cm³/mol. The van der Waals surface area contributed by atoms with Gasteiger partial charge >= 0.3 is 0 Å². The van der Waals surface area contributed by atoms with Gasteiger partial charge in [0.15, 0.2) is 5.82 Å². The summed E-state index contributed by atoms with van der Waals surface area (Å²) >= 11 is 0. The Morgan fingerprint density at radius 2 is 2.12 bits per heavy atom. The summed E-state index contributed by atoms with van der Waals surface area (Å²) in [6, 6.07) is 3.86. The molecule has 0 bridgehead atoms. The minimum absolute atomic E-state index is 0.590. The van der Waals surface area contributed by atoms with Crippen molar-refractivity contribution in [1.29, 1.82) is 5.26 Å². The molecule has 0 atom stereocenters. The molecule has 0 spiro atoms. The Morgan fingerprint density at radius 3 is 2.71 bits per heavy atom. The van der Waals surface area contributed by atoms with Crippen molar-refractivity contribution >= 4 is 5.82 Å². The Kier molecular flexibility index (Phi) is 5.37. The van der Waals surface area contributed by atoms with Crippen LogP contribution in [0.2, 0.25) is 0 Å². The Balaban J connectivity index is 2.70. The van der Waals surface area contributed by atoms with Crippen molar-refractivity contribution in [2.24, 2.45) is 0 Å². The van der Waals surface area contributed by atoms with Crippen molar-refractivity contribution in [2.75, 3.05) is 38.6 Å². The van der Waals surface area contributed by atoms with E-state index in [4.69, 9.17) is 5.26 Å². The number of nitrogens with zero attached hydrogens (tertiary/aromatic N) is 5. The largest absolute Gasteiger partial charge is 0.354 e. The summed E-state index contributed by atoms with van der Waals surface area (Å²) in [5, 5.41) is 16.9. The van der Waals surface area contributed by atoms with Gasteiger partial charge in [0.05, 0.1) is 11.8 Å². The molecule has 0 aliphatic rings. The molecule has 1 heterocycles. The number of anilines is 1. The van der Waals surface area contributed by atoms with E-state index in [1.807, 2.05) is 0 Å². The monoisotopic (exact) mass is 233 g/mol. The van der Waals surface area contributed by atoms with E-state index >= 15 is 0 Å². The molecule has 0 unspecified atom stereocenters. The summed E-state index contributed by atoms with van der Waals surface area (Å²) in [7, 11) is 4.11. The van der Waals surface area contributed by atoms with Crippen LogP contribution in [0.25, 0.3) is 0 Å². The minimum Gasteiger partial charge on any atom is -0.354 e. The Morgan fingerprint density at radius 1 is 1.35 bits per heavy atom. The molecule has 1 aromatic rings. The van der Waals surface area contributed by atoms with Crippen molar-refractivity contribution in [3.05, 3.63) is 17.8 Å². The van der Waals surface area contributed by atoms with Gasteiger partial charge in [0.1, 0.15) is 6.07 Å². The molecular weight excluding hydrogens is 214 g/mol. The Hall–Kier alpha value is -1.67. The highest BCUT2D eigenvalue weighted by molar-refractivity contribution is 5.52. The van der Waals surface area contributed by atoms with E-state index in [1.165, 1.54) is 0 Å². The van der Waals surface area contributed by atoms with Gasteiger partial charge < -0.3 is 9.80 Å². The zero-order valence-corrected chi connectivity index (χ0v) is 10.7. The molecule has 0 radical (unpaired) electrons. The molecule has 0 aromatic carbocycles. The van der Waals surface area contributed by atoms with E-state index in [0.29, 0.717) is 11.4 Å². The first-order valence-electron chi connectivity index (χ1n) is 5.80. The van der Waals surface area contributed by atoms with E-state index < -0.39 is 0 Å². The highest BCUT2D eigenvalue weighted by atomic mass is 15.3. The van der Waals surface area contributed by atoms with Gasteiger partial charge in [-0.2, -0.15) is 10.4 Å². The van der Waals surface area contributed by atoms with Gasteiger partial charge in [0.2, 0.25) is 0 Å². The van der Waals surface area contributed by atoms with Gasteiger partial charge in [-0.05, 0) is 40.1 Å². The van der Waals surface area contributed by atoms with Crippen LogP contribution in [-0.4, -0.2) is 48.8 Å². The summed E-state index contributed by atoms with van der Waals surface area (Å²) in [5.41, 5.74) is 0.590. The topological polar surface area (TPSA) is 56.1 Å². The van der Waals surface area contributed by atoms with Crippen LogP contribution in [0.3, 0.4) is 0 Å². The molecule has 0 saturated carbocycles. The van der Waals surface area contributed by atoms with Crippen LogP contribution >= 0.6 is 0 Å². The van der Waals surface area contributed by atoms with Crippen LogP contribution in [0.4, 0.5) is 5.82 Å². The minimum atomic E-state index is 0.590. The van der Waals surface area contributed by atoms with E-state index in [1.54, 1.807) is 12.3 Å². The predicted octanol–water partition coefficient (Wildman–Crippen LogP) is 1.13. The first-order chi connectivity index (χ1) is 8.19. The molecule has 0 saturated heterocycles. The SMILES string of the molecule is CCN(CCCN(C)C)c1nnccc1C#N. The fourth-order valence-corrected chi connectivity index (χ4v) is 1.64. The van der Waals surface area contributed by atoms with Crippen molar-refractivity contribution in [2.45, 2.75) is 13.3 Å². The number of hydrogen-bond donors (Lipinski definition) is 0. The van der Waals surface area contributed by atoms with Crippen molar-refractivity contribution in [3.63, 3.8) is 0 Å². The number of aromatic nitrogens is 2. The van der Waals surface area contributed by atoms with Crippen LogP contribution in [0.15, 0.2) is 12.3 Å². The van der Waals surface area contributed by atoms with Gasteiger partial charge in [0.25, 0.3) is 0 Å². The van der Waals surface area contributed by atoms with Gasteiger partial charge in [-0.25, -0.2) is 0 Å². The summed E-state index contributed by atoms with van der Waals surface area (Å²) in [6.45, 7) is 4.81. The van der Waals surface area contributed by atoms with E-state index in [2.05, 4.69) is 47.1 Å². The molecule has 17 heavy (non-hydrogen) atoms. The molecule has 1 rings (SSSR count). The van der Waals surface area contributed by atoms with Gasteiger partial charge in [-0.1, -0.05) is 0 Å². The standard InChI is InChI=1S/C12H19N5/c1-4-17(9-5-8-16(2)3)12-11(10-13)6-7-14-15-12/h6-7H,4-5,8-9H2,1-3H3. The lowest BCUT2D eigenvalue weighted by atomic mass is 10.2. The average molecular weight is 233 g/mol. The normalized spacial score (nSPS) is 10.3. The zero-order chi connectivity index (χ0) is 12.7. The van der Waals surface area contributed by atoms with Gasteiger partial charge in [-0.15, -0.1) is 5.10 Å². The van der Waals surface area contributed by atoms with Crippen LogP contribution in [-0.2, 0) is 0 Å². The lowest BCUT2D eigenvalue weighted by Crippen LogP contribution is -2.28. The fraction of sp³-hybridized carbons (Fsp3) is 0.583. The molecule has 0 fully saturated rings. The molecule has 1 aromatic heterocycles.